The van der Waals surface area contributed by atoms with Crippen molar-refractivity contribution in [2.45, 2.75) is 43.2 Å². The van der Waals surface area contributed by atoms with Gasteiger partial charge in [-0.3, -0.25) is 9.69 Å². The summed E-state index contributed by atoms with van der Waals surface area (Å²) in [5, 5.41) is 3.13. The molecule has 1 saturated carbocycles. The van der Waals surface area contributed by atoms with Crippen LogP contribution in [0, 0.1) is 5.92 Å². The maximum absolute atomic E-state index is 12.4. The molecule has 3 rings (SSSR count). The Hall–Kier alpha value is -1.26. The molecule has 1 amide bonds. The number of amides is 1. The minimum absolute atomic E-state index is 0.0472. The molecule has 124 valence electrons. The molecule has 1 N–H and O–H groups in total. The lowest BCUT2D eigenvalue weighted by molar-refractivity contribution is -0.125. The Bertz CT molecular complexity index is 595. The van der Waals surface area contributed by atoms with Gasteiger partial charge in [0.1, 0.15) is 0 Å². The summed E-state index contributed by atoms with van der Waals surface area (Å²) in [6.45, 7) is 1.64. The zero-order valence-corrected chi connectivity index (χ0v) is 14.9. The van der Waals surface area contributed by atoms with E-state index in [1.54, 1.807) is 11.8 Å². The van der Waals surface area contributed by atoms with Crippen LogP contribution in [0.5, 0.6) is 0 Å². The second-order valence-corrected chi connectivity index (χ2v) is 7.50. The largest absolute Gasteiger partial charge is 0.351 e. The maximum atomic E-state index is 12.4. The number of likely N-dealkylation sites (N-methyl/N-ethyl adjacent to an activating group) is 1. The lowest BCUT2D eigenvalue weighted by Crippen LogP contribution is -2.41. The molecule has 0 bridgehead atoms. The molecule has 2 aliphatic rings. The van der Waals surface area contributed by atoms with Gasteiger partial charge in [0, 0.05) is 11.4 Å². The van der Waals surface area contributed by atoms with Gasteiger partial charge in [-0.2, -0.15) is 0 Å². The van der Waals surface area contributed by atoms with Crippen molar-refractivity contribution in [3.05, 3.63) is 35.4 Å². The molecule has 4 heteroatoms. The van der Waals surface area contributed by atoms with Crippen molar-refractivity contribution in [1.82, 2.24) is 10.2 Å². The van der Waals surface area contributed by atoms with E-state index in [-0.39, 0.29) is 11.9 Å². The molecule has 2 fully saturated rings. The highest BCUT2D eigenvalue weighted by atomic mass is 32.2. The first-order chi connectivity index (χ1) is 11.2. The minimum Gasteiger partial charge on any atom is -0.351 e. The van der Waals surface area contributed by atoms with Gasteiger partial charge in [-0.15, -0.1) is 11.8 Å². The lowest BCUT2D eigenvalue weighted by Gasteiger charge is -2.19. The van der Waals surface area contributed by atoms with E-state index in [4.69, 9.17) is 0 Å². The van der Waals surface area contributed by atoms with E-state index in [9.17, 15) is 4.79 Å². The maximum Gasteiger partial charge on any atom is 0.237 e. The summed E-state index contributed by atoms with van der Waals surface area (Å²) in [5.41, 5.74) is 2.44. The van der Waals surface area contributed by atoms with Crippen LogP contribution in [0.15, 0.2) is 29.2 Å². The highest BCUT2D eigenvalue weighted by molar-refractivity contribution is 7.98. The fraction of sp³-hybridized carbons (Fsp3) is 0.526. The SMILES string of the molecule is CSc1ccc(CNC(=O)C2CCCN2C)c(/C=C/C2CC2)c1. The standard InChI is InChI=1S/C19H26N2OS/c1-21-11-3-4-18(21)19(22)20-13-16-9-10-17(23-2)12-15(16)8-7-14-5-6-14/h7-10,12,14,18H,3-6,11,13H2,1-2H3,(H,20,22)/b8-7+. The Balaban J connectivity index is 1.67. The zero-order chi connectivity index (χ0) is 16.2. The molecular weight excluding hydrogens is 304 g/mol. The molecular formula is C19H26N2OS. The number of hydrogen-bond acceptors (Lipinski definition) is 3. The average molecular weight is 330 g/mol. The molecule has 1 aliphatic carbocycles. The third kappa shape index (κ3) is 4.39. The van der Waals surface area contributed by atoms with Crippen molar-refractivity contribution in [3.63, 3.8) is 0 Å². The fourth-order valence-electron chi connectivity index (χ4n) is 3.09. The summed E-state index contributed by atoms with van der Waals surface area (Å²) in [7, 11) is 2.04. The predicted octanol–water partition coefficient (Wildman–Crippen LogP) is 3.54. The molecule has 1 aromatic carbocycles. The number of carbonyl (C=O) groups excluding carboxylic acids is 1. The van der Waals surface area contributed by atoms with Gasteiger partial charge < -0.3 is 5.32 Å². The topological polar surface area (TPSA) is 32.3 Å². The Morgan fingerprint density at radius 1 is 1.39 bits per heavy atom. The highest BCUT2D eigenvalue weighted by Gasteiger charge is 2.27. The normalized spacial score (nSPS) is 21.9. The highest BCUT2D eigenvalue weighted by Crippen LogP contribution is 2.31. The third-order valence-corrected chi connectivity index (χ3v) is 5.52. The van der Waals surface area contributed by atoms with Crippen LogP contribution in [-0.2, 0) is 11.3 Å². The zero-order valence-electron chi connectivity index (χ0n) is 14.0. The predicted molar refractivity (Wildman–Crippen MR) is 97.5 cm³/mol. The van der Waals surface area contributed by atoms with E-state index in [1.807, 2.05) is 7.05 Å². The van der Waals surface area contributed by atoms with Crippen LogP contribution in [0.25, 0.3) is 6.08 Å². The molecule has 0 spiro atoms. The van der Waals surface area contributed by atoms with E-state index in [0.29, 0.717) is 6.54 Å². The molecule has 1 atom stereocenters. The summed E-state index contributed by atoms with van der Waals surface area (Å²) in [4.78, 5) is 15.8. The Labute approximate surface area is 143 Å². The van der Waals surface area contributed by atoms with Crippen molar-refractivity contribution in [2.24, 2.45) is 5.92 Å². The Morgan fingerprint density at radius 2 is 2.22 bits per heavy atom. The first-order valence-corrected chi connectivity index (χ1v) is 9.73. The summed E-state index contributed by atoms with van der Waals surface area (Å²) < 4.78 is 0. The number of nitrogens with zero attached hydrogens (tertiary/aromatic N) is 1. The van der Waals surface area contributed by atoms with Gasteiger partial charge in [-0.05, 0) is 74.7 Å². The quantitative estimate of drug-likeness (QED) is 0.810. The third-order valence-electron chi connectivity index (χ3n) is 4.80. The minimum atomic E-state index is 0.0472. The van der Waals surface area contributed by atoms with Gasteiger partial charge >= 0.3 is 0 Å². The van der Waals surface area contributed by atoms with Gasteiger partial charge in [0.05, 0.1) is 6.04 Å². The Morgan fingerprint density at radius 3 is 2.87 bits per heavy atom. The van der Waals surface area contributed by atoms with Crippen LogP contribution in [0.3, 0.4) is 0 Å². The molecule has 0 aromatic heterocycles. The lowest BCUT2D eigenvalue weighted by atomic mass is 10.1. The van der Waals surface area contributed by atoms with Crippen LogP contribution >= 0.6 is 11.8 Å². The van der Waals surface area contributed by atoms with Crippen LogP contribution in [0.4, 0.5) is 0 Å². The Kier molecular flexibility index (Phi) is 5.44. The smallest absolute Gasteiger partial charge is 0.237 e. The number of hydrogen-bond donors (Lipinski definition) is 1. The fourth-order valence-corrected chi connectivity index (χ4v) is 3.54. The molecule has 1 saturated heterocycles. The number of benzene rings is 1. The number of allylic oxidation sites excluding steroid dienone is 1. The van der Waals surface area contributed by atoms with Crippen LogP contribution < -0.4 is 5.32 Å². The molecule has 1 aromatic rings. The number of likely N-dealkylation sites (tertiary alicyclic amines) is 1. The van der Waals surface area contributed by atoms with E-state index in [1.165, 1.54) is 28.9 Å². The molecule has 1 aliphatic heterocycles. The van der Waals surface area contributed by atoms with E-state index >= 15 is 0 Å². The van der Waals surface area contributed by atoms with Crippen molar-refractivity contribution < 1.29 is 4.79 Å². The van der Waals surface area contributed by atoms with E-state index < -0.39 is 0 Å². The van der Waals surface area contributed by atoms with E-state index in [2.05, 4.69) is 46.8 Å². The number of thioether (sulfide) groups is 1. The van der Waals surface area contributed by atoms with Gasteiger partial charge in [0.2, 0.25) is 5.91 Å². The summed E-state index contributed by atoms with van der Waals surface area (Å²) in [6, 6.07) is 6.57. The van der Waals surface area contributed by atoms with Crippen LogP contribution in [0.1, 0.15) is 36.8 Å². The molecule has 1 heterocycles. The first-order valence-electron chi connectivity index (χ1n) is 8.50. The average Bonchev–Trinajstić information content (AvgIpc) is 3.30. The van der Waals surface area contributed by atoms with Crippen LogP contribution in [0.2, 0.25) is 0 Å². The molecule has 23 heavy (non-hydrogen) atoms. The van der Waals surface area contributed by atoms with Gasteiger partial charge in [0.25, 0.3) is 0 Å². The van der Waals surface area contributed by atoms with Crippen molar-refractivity contribution >= 4 is 23.7 Å². The van der Waals surface area contributed by atoms with E-state index in [0.717, 1.165) is 25.3 Å². The van der Waals surface area contributed by atoms with Crippen molar-refractivity contribution in [2.75, 3.05) is 19.8 Å². The van der Waals surface area contributed by atoms with Crippen molar-refractivity contribution in [1.29, 1.82) is 0 Å². The van der Waals surface area contributed by atoms with Crippen molar-refractivity contribution in [3.8, 4) is 0 Å². The summed E-state index contributed by atoms with van der Waals surface area (Å²) in [6.07, 6.45) is 11.4. The first kappa shape index (κ1) is 16.6. The number of nitrogens with one attached hydrogen (secondary N) is 1. The monoisotopic (exact) mass is 330 g/mol. The second-order valence-electron chi connectivity index (χ2n) is 6.62. The summed E-state index contributed by atoms with van der Waals surface area (Å²) >= 11 is 1.76. The summed E-state index contributed by atoms with van der Waals surface area (Å²) in [5.74, 6) is 0.929. The second kappa shape index (κ2) is 7.54. The van der Waals surface area contributed by atoms with Gasteiger partial charge in [-0.1, -0.05) is 18.2 Å². The molecule has 1 unspecified atom stereocenters. The number of rotatable bonds is 6. The van der Waals surface area contributed by atoms with Gasteiger partial charge in [0.15, 0.2) is 0 Å². The molecule has 3 nitrogen and oxygen atoms in total. The molecule has 0 radical (unpaired) electrons. The number of carbonyl (C=O) groups is 1. The van der Waals surface area contributed by atoms with Crippen LogP contribution in [-0.4, -0.2) is 36.7 Å². The van der Waals surface area contributed by atoms with Gasteiger partial charge in [-0.25, -0.2) is 0 Å².